The van der Waals surface area contributed by atoms with Gasteiger partial charge in [-0.1, -0.05) is 101 Å². The minimum absolute atomic E-state index is 0.135. The van der Waals surface area contributed by atoms with Gasteiger partial charge in [0.2, 0.25) is 0 Å². The molecule has 12 heteroatoms. The molecule has 63 heavy (non-hydrogen) atoms. The number of hydrogen-bond acceptors (Lipinski definition) is 10. The molecule has 6 aromatic rings. The highest BCUT2D eigenvalue weighted by atomic mass is 32.2. The standard InChI is InChI=1S/C51H45N3O6S3/c1-4-7-24-61-39-27-36-41(47(63-26-9-6-3)46(39)62-25-8-5-2)51(60)54(50(36)59)38-23-20-30(28-53-48(57)34-18-12-14-29-15-13-19-35(40(29)34)49(53)58)31-21-22-37(52-43(31)38)42-44(55)32-16-10-11-17-33(32)45(42)56/h10-23,27,42H,4-9,24-26,28H2,1-3H3. The molecule has 0 radical (unpaired) electrons. The molecule has 0 N–H and O–H groups in total. The van der Waals surface area contributed by atoms with Crippen LogP contribution in [-0.4, -0.2) is 62.3 Å². The third-order valence-corrected chi connectivity index (χ3v) is 15.7. The van der Waals surface area contributed by atoms with Crippen molar-refractivity contribution in [2.75, 3.05) is 22.2 Å². The summed E-state index contributed by atoms with van der Waals surface area (Å²) < 4.78 is 0. The summed E-state index contributed by atoms with van der Waals surface area (Å²) in [7, 11) is 0. The number of nitrogens with zero attached hydrogens (tertiary/aromatic N) is 3. The second kappa shape index (κ2) is 17.9. The van der Waals surface area contributed by atoms with E-state index in [2.05, 4.69) is 20.8 Å². The van der Waals surface area contributed by atoms with Crippen molar-refractivity contribution in [1.82, 2.24) is 9.88 Å². The first-order valence-electron chi connectivity index (χ1n) is 21.6. The topological polar surface area (TPSA) is 122 Å². The Kier molecular flexibility index (Phi) is 12.1. The first-order valence-corrected chi connectivity index (χ1v) is 24.6. The Morgan fingerprint density at radius 3 is 1.78 bits per heavy atom. The number of benzene rings is 5. The van der Waals surface area contributed by atoms with Crippen molar-refractivity contribution in [2.45, 2.75) is 86.4 Å². The van der Waals surface area contributed by atoms with Gasteiger partial charge in [0.1, 0.15) is 5.92 Å². The van der Waals surface area contributed by atoms with Crippen LogP contribution in [0, 0.1) is 0 Å². The molecular formula is C51H45N3O6S3. The van der Waals surface area contributed by atoms with Gasteiger partial charge >= 0.3 is 0 Å². The SMILES string of the molecule is CCCCSc1cc2c(c(SCCCC)c1SCCCC)C(=O)N(c1ccc(CN3C(=O)c4cccc5cccc(c45)C3=O)c3ccc(C4C(=O)c5ccccc5C4=O)nc13)C2=O. The summed E-state index contributed by atoms with van der Waals surface area (Å²) in [5.41, 5.74) is 3.27. The number of unbranched alkanes of at least 4 members (excludes halogenated alkanes) is 3. The van der Waals surface area contributed by atoms with E-state index in [0.29, 0.717) is 49.7 Å². The number of amides is 4. The quantitative estimate of drug-likeness (QED) is 0.0402. The minimum atomic E-state index is -1.22. The summed E-state index contributed by atoms with van der Waals surface area (Å²) in [6, 6.07) is 26.0. The van der Waals surface area contributed by atoms with Gasteiger partial charge in [0.25, 0.3) is 23.6 Å². The predicted octanol–water partition coefficient (Wildman–Crippen LogP) is 11.8. The smallest absolute Gasteiger partial charge is 0.267 e. The zero-order valence-electron chi connectivity index (χ0n) is 35.3. The van der Waals surface area contributed by atoms with Gasteiger partial charge in [-0.05, 0) is 77.8 Å². The molecule has 0 unspecified atom stereocenters. The fourth-order valence-electron chi connectivity index (χ4n) is 8.65. The maximum atomic E-state index is 15.1. The second-order valence-electron chi connectivity index (χ2n) is 16.0. The number of thioether (sulfide) groups is 3. The van der Waals surface area contributed by atoms with E-state index in [-0.39, 0.29) is 35.0 Å². The van der Waals surface area contributed by atoms with Gasteiger partial charge < -0.3 is 0 Å². The van der Waals surface area contributed by atoms with Gasteiger partial charge in [-0.2, -0.15) is 0 Å². The molecule has 1 aromatic heterocycles. The number of pyridine rings is 1. The summed E-state index contributed by atoms with van der Waals surface area (Å²) in [6.45, 7) is 6.31. The fraction of sp³-hybridized carbons (Fsp3) is 0.275. The largest absolute Gasteiger partial charge is 0.293 e. The molecule has 3 aliphatic rings. The molecule has 0 spiro atoms. The van der Waals surface area contributed by atoms with Gasteiger partial charge in [0.05, 0.1) is 34.6 Å². The van der Waals surface area contributed by atoms with Gasteiger partial charge in [0.15, 0.2) is 11.6 Å². The van der Waals surface area contributed by atoms with Gasteiger partial charge in [-0.15, -0.1) is 35.3 Å². The maximum Gasteiger partial charge on any atom is 0.267 e. The number of carbonyl (C=O) groups is 6. The number of anilines is 1. The van der Waals surface area contributed by atoms with E-state index in [1.165, 1.54) is 9.80 Å². The highest BCUT2D eigenvalue weighted by Gasteiger charge is 2.44. The lowest BCUT2D eigenvalue weighted by atomic mass is 9.93. The molecular weight excluding hydrogens is 847 g/mol. The van der Waals surface area contributed by atoms with E-state index in [9.17, 15) is 24.0 Å². The Morgan fingerprint density at radius 1 is 0.571 bits per heavy atom. The first-order chi connectivity index (χ1) is 30.7. The molecule has 0 saturated heterocycles. The van der Waals surface area contributed by atoms with Crippen LogP contribution in [-0.2, 0) is 6.54 Å². The lowest BCUT2D eigenvalue weighted by molar-refractivity contribution is 0.0597. The van der Waals surface area contributed by atoms with Crippen molar-refractivity contribution in [2.24, 2.45) is 0 Å². The van der Waals surface area contributed by atoms with Crippen LogP contribution in [0.1, 0.15) is 139 Å². The average molecular weight is 892 g/mol. The summed E-state index contributed by atoms with van der Waals surface area (Å²) in [6.07, 6.45) is 6.02. The monoisotopic (exact) mass is 891 g/mol. The van der Waals surface area contributed by atoms with Crippen LogP contribution in [0.2, 0.25) is 0 Å². The Hall–Kier alpha value is -5.56. The third kappa shape index (κ3) is 7.39. The Morgan fingerprint density at radius 2 is 1.16 bits per heavy atom. The van der Waals surface area contributed by atoms with Gasteiger partial charge in [0, 0.05) is 47.7 Å². The summed E-state index contributed by atoms with van der Waals surface area (Å²) in [4.78, 5) is 96.2. The fourth-order valence-corrected chi connectivity index (χ4v) is 12.8. The van der Waals surface area contributed by atoms with Crippen molar-refractivity contribution in [3.63, 3.8) is 0 Å². The van der Waals surface area contributed by atoms with E-state index in [1.807, 2.05) is 18.2 Å². The lowest BCUT2D eigenvalue weighted by Crippen LogP contribution is -2.39. The molecule has 0 fully saturated rings. The number of aromatic nitrogens is 1. The number of carbonyl (C=O) groups excluding carboxylic acids is 6. The zero-order chi connectivity index (χ0) is 43.9. The third-order valence-electron chi connectivity index (χ3n) is 11.9. The van der Waals surface area contributed by atoms with E-state index >= 15 is 4.79 Å². The molecule has 0 bridgehead atoms. The second-order valence-corrected chi connectivity index (χ2v) is 19.3. The van der Waals surface area contributed by atoms with Crippen molar-refractivity contribution >= 4 is 97.8 Å². The van der Waals surface area contributed by atoms with Crippen LogP contribution in [0.3, 0.4) is 0 Å². The summed E-state index contributed by atoms with van der Waals surface area (Å²) >= 11 is 5.10. The van der Waals surface area contributed by atoms with E-state index in [1.54, 1.807) is 108 Å². The van der Waals surface area contributed by atoms with Crippen LogP contribution < -0.4 is 4.90 Å². The number of Topliss-reactive ketones (excluding diaryl/α,β-unsaturated/α-hetero) is 2. The highest BCUT2D eigenvalue weighted by Crippen LogP contribution is 2.47. The molecule has 9 nitrogen and oxygen atoms in total. The number of hydrogen-bond donors (Lipinski definition) is 0. The Bertz CT molecular complexity index is 2840. The maximum absolute atomic E-state index is 15.1. The Labute approximate surface area is 378 Å². The van der Waals surface area contributed by atoms with E-state index < -0.39 is 29.5 Å². The normalized spacial score (nSPS) is 14.8. The van der Waals surface area contributed by atoms with Crippen LogP contribution in [0.4, 0.5) is 5.69 Å². The van der Waals surface area contributed by atoms with Crippen molar-refractivity contribution < 1.29 is 28.8 Å². The lowest BCUT2D eigenvalue weighted by Gasteiger charge is -2.28. The average Bonchev–Trinajstić information content (AvgIpc) is 3.70. The minimum Gasteiger partial charge on any atom is -0.293 e. The van der Waals surface area contributed by atoms with Crippen molar-refractivity contribution in [3.8, 4) is 0 Å². The molecule has 2 aliphatic heterocycles. The summed E-state index contributed by atoms with van der Waals surface area (Å²) in [5, 5.41) is 1.87. The number of ketones is 2. The number of fused-ring (bicyclic) bond motifs is 3. The first kappa shape index (κ1) is 42.7. The molecule has 318 valence electrons. The van der Waals surface area contributed by atoms with Crippen LogP contribution in [0.25, 0.3) is 21.7 Å². The molecule has 4 amide bonds. The van der Waals surface area contributed by atoms with Gasteiger partial charge in [-0.3, -0.25) is 33.7 Å². The van der Waals surface area contributed by atoms with Crippen molar-refractivity contribution in [1.29, 1.82) is 0 Å². The van der Waals surface area contributed by atoms with Crippen molar-refractivity contribution in [3.05, 3.63) is 136 Å². The van der Waals surface area contributed by atoms with E-state index in [0.717, 1.165) is 75.9 Å². The van der Waals surface area contributed by atoms with E-state index in [4.69, 9.17) is 4.98 Å². The molecule has 0 saturated carbocycles. The Balaban J connectivity index is 1.19. The molecule has 3 heterocycles. The highest BCUT2D eigenvalue weighted by molar-refractivity contribution is 8.03. The predicted molar refractivity (Wildman–Crippen MR) is 252 cm³/mol. The van der Waals surface area contributed by atoms with Crippen LogP contribution >= 0.6 is 35.3 Å². The molecule has 1 aliphatic carbocycles. The molecule has 0 atom stereocenters. The number of rotatable bonds is 16. The molecule has 9 rings (SSSR count). The van der Waals surface area contributed by atoms with Crippen LogP contribution in [0.15, 0.2) is 106 Å². The van der Waals surface area contributed by atoms with Crippen LogP contribution in [0.5, 0.6) is 0 Å². The zero-order valence-corrected chi connectivity index (χ0v) is 37.8. The number of imide groups is 2. The van der Waals surface area contributed by atoms with Gasteiger partial charge in [-0.25, -0.2) is 9.88 Å². The molecule has 5 aromatic carbocycles. The summed E-state index contributed by atoms with van der Waals surface area (Å²) in [5.74, 6) is -1.28.